The Kier molecular flexibility index (Phi) is 1.68. The summed E-state index contributed by atoms with van der Waals surface area (Å²) in [5, 5.41) is 3.37. The third-order valence-electron chi connectivity index (χ3n) is 3.66. The molecule has 0 spiro atoms. The molecular weight excluding hydrogens is 177 g/mol. The van der Waals surface area contributed by atoms with Crippen LogP contribution in [0.3, 0.4) is 0 Å². The second-order valence-corrected chi connectivity index (χ2v) is 4.52. The normalized spacial score (nSPS) is 34.3. The topological polar surface area (TPSA) is 12.0 Å². The lowest BCUT2D eigenvalue weighted by molar-refractivity contribution is 0.616. The number of fused-ring (bicyclic) bond motifs is 1. The van der Waals surface area contributed by atoms with Gasteiger partial charge in [0.15, 0.2) is 0 Å². The molecule has 0 bridgehead atoms. The van der Waals surface area contributed by atoms with E-state index < -0.39 is 0 Å². The van der Waals surface area contributed by atoms with E-state index in [1.807, 2.05) is 19.1 Å². The fourth-order valence-corrected chi connectivity index (χ4v) is 2.79. The van der Waals surface area contributed by atoms with Gasteiger partial charge in [0.1, 0.15) is 5.82 Å². The van der Waals surface area contributed by atoms with Gasteiger partial charge in [-0.3, -0.25) is 0 Å². The summed E-state index contributed by atoms with van der Waals surface area (Å²) in [7, 11) is 0. The number of hydrogen-bond donors (Lipinski definition) is 1. The minimum absolute atomic E-state index is 0.0855. The number of piperidine rings is 1. The summed E-state index contributed by atoms with van der Waals surface area (Å²) in [6, 6.07) is 5.57. The summed E-state index contributed by atoms with van der Waals surface area (Å²) in [5.74, 6) is 2.26. The van der Waals surface area contributed by atoms with E-state index in [0.29, 0.717) is 5.92 Å². The van der Waals surface area contributed by atoms with Crippen molar-refractivity contribution in [1.82, 2.24) is 5.32 Å². The molecular formula is C12H14FN. The summed E-state index contributed by atoms with van der Waals surface area (Å²) < 4.78 is 13.1. The Morgan fingerprint density at radius 2 is 2.00 bits per heavy atom. The molecule has 1 aliphatic heterocycles. The molecule has 2 atom stereocenters. The Morgan fingerprint density at radius 1 is 1.29 bits per heavy atom. The lowest BCUT2D eigenvalue weighted by Crippen LogP contribution is -2.14. The lowest BCUT2D eigenvalue weighted by Gasteiger charge is -2.06. The third-order valence-corrected chi connectivity index (χ3v) is 3.66. The maximum absolute atomic E-state index is 13.1. The summed E-state index contributed by atoms with van der Waals surface area (Å²) in [6.45, 7) is 4.13. The number of nitrogens with one attached hydrogen (secondary N) is 1. The first-order valence-electron chi connectivity index (χ1n) is 5.24. The monoisotopic (exact) mass is 191 g/mol. The Balaban J connectivity index is 1.88. The predicted octanol–water partition coefficient (Wildman–Crippen LogP) is 2.07. The van der Waals surface area contributed by atoms with Crippen LogP contribution in [0.4, 0.5) is 4.39 Å². The average Bonchev–Trinajstić information content (AvgIpc) is 2.66. The molecule has 1 aromatic rings. The highest BCUT2D eigenvalue weighted by Gasteiger charge is 2.53. The summed E-state index contributed by atoms with van der Waals surface area (Å²) in [4.78, 5) is 0. The number of rotatable bonds is 1. The van der Waals surface area contributed by atoms with Gasteiger partial charge in [0.25, 0.3) is 0 Å². The molecule has 2 heteroatoms. The van der Waals surface area contributed by atoms with Crippen molar-refractivity contribution in [3.05, 3.63) is 35.1 Å². The van der Waals surface area contributed by atoms with Crippen LogP contribution in [-0.2, 0) is 0 Å². The quantitative estimate of drug-likeness (QED) is 0.716. The maximum Gasteiger partial charge on any atom is 0.126 e. The highest BCUT2D eigenvalue weighted by molar-refractivity contribution is 5.34. The van der Waals surface area contributed by atoms with Crippen molar-refractivity contribution >= 4 is 0 Å². The van der Waals surface area contributed by atoms with Crippen molar-refractivity contribution in [3.8, 4) is 0 Å². The molecule has 1 N–H and O–H groups in total. The van der Waals surface area contributed by atoms with E-state index in [9.17, 15) is 4.39 Å². The highest BCUT2D eigenvalue weighted by atomic mass is 19.1. The molecule has 0 radical (unpaired) electrons. The van der Waals surface area contributed by atoms with E-state index in [1.165, 1.54) is 5.56 Å². The number of halogens is 1. The van der Waals surface area contributed by atoms with Crippen LogP contribution in [0, 0.1) is 24.6 Å². The average molecular weight is 191 g/mol. The van der Waals surface area contributed by atoms with Crippen molar-refractivity contribution < 1.29 is 4.39 Å². The highest BCUT2D eigenvalue weighted by Crippen LogP contribution is 2.55. The van der Waals surface area contributed by atoms with Gasteiger partial charge >= 0.3 is 0 Å². The standard InChI is InChI=1S/C12H14FN/c1-7-4-8(2-3-11(7)13)12-9-5-14-6-10(9)12/h2-4,9-10,12,14H,5-6H2,1H3. The van der Waals surface area contributed by atoms with Crippen LogP contribution in [0.1, 0.15) is 17.0 Å². The molecule has 2 fully saturated rings. The fraction of sp³-hybridized carbons (Fsp3) is 0.500. The summed E-state index contributed by atoms with van der Waals surface area (Å²) in [5.41, 5.74) is 2.11. The van der Waals surface area contributed by atoms with Crippen molar-refractivity contribution in [1.29, 1.82) is 0 Å². The molecule has 3 rings (SSSR count). The second kappa shape index (κ2) is 2.80. The zero-order chi connectivity index (χ0) is 9.71. The van der Waals surface area contributed by atoms with Crippen LogP contribution in [-0.4, -0.2) is 13.1 Å². The van der Waals surface area contributed by atoms with Crippen LogP contribution >= 0.6 is 0 Å². The molecule has 1 nitrogen and oxygen atoms in total. The molecule has 2 aliphatic rings. The van der Waals surface area contributed by atoms with Crippen LogP contribution < -0.4 is 5.32 Å². The molecule has 14 heavy (non-hydrogen) atoms. The number of aryl methyl sites for hydroxylation is 1. The largest absolute Gasteiger partial charge is 0.316 e. The van der Waals surface area contributed by atoms with Gasteiger partial charge in [-0.2, -0.15) is 0 Å². The first-order valence-corrected chi connectivity index (χ1v) is 5.24. The van der Waals surface area contributed by atoms with E-state index in [-0.39, 0.29) is 5.82 Å². The number of benzene rings is 1. The Morgan fingerprint density at radius 3 is 2.64 bits per heavy atom. The van der Waals surface area contributed by atoms with Gasteiger partial charge in [0.05, 0.1) is 0 Å². The van der Waals surface area contributed by atoms with E-state index in [0.717, 1.165) is 30.5 Å². The van der Waals surface area contributed by atoms with Gasteiger partial charge in [-0.05, 0) is 55.0 Å². The van der Waals surface area contributed by atoms with Crippen molar-refractivity contribution in [2.75, 3.05) is 13.1 Å². The van der Waals surface area contributed by atoms with Crippen molar-refractivity contribution in [2.24, 2.45) is 11.8 Å². The van der Waals surface area contributed by atoms with Gasteiger partial charge in [-0.15, -0.1) is 0 Å². The molecule has 1 saturated carbocycles. The van der Waals surface area contributed by atoms with Crippen LogP contribution in [0.5, 0.6) is 0 Å². The minimum Gasteiger partial charge on any atom is -0.316 e. The lowest BCUT2D eigenvalue weighted by atomic mass is 10.0. The second-order valence-electron chi connectivity index (χ2n) is 4.52. The van der Waals surface area contributed by atoms with Gasteiger partial charge in [-0.25, -0.2) is 4.39 Å². The maximum atomic E-state index is 13.1. The fourth-order valence-electron chi connectivity index (χ4n) is 2.79. The van der Waals surface area contributed by atoms with Crippen molar-refractivity contribution in [2.45, 2.75) is 12.8 Å². The van der Waals surface area contributed by atoms with Gasteiger partial charge in [0, 0.05) is 0 Å². The molecule has 1 heterocycles. The SMILES string of the molecule is Cc1cc(C2C3CNCC32)ccc1F. The van der Waals surface area contributed by atoms with Crippen LogP contribution in [0.2, 0.25) is 0 Å². The first kappa shape index (κ1) is 8.42. The first-order chi connectivity index (χ1) is 6.77. The van der Waals surface area contributed by atoms with Crippen LogP contribution in [0.25, 0.3) is 0 Å². The van der Waals surface area contributed by atoms with E-state index in [4.69, 9.17) is 0 Å². The molecule has 1 saturated heterocycles. The van der Waals surface area contributed by atoms with Gasteiger partial charge in [-0.1, -0.05) is 12.1 Å². The van der Waals surface area contributed by atoms with E-state index in [2.05, 4.69) is 5.32 Å². The zero-order valence-electron chi connectivity index (χ0n) is 8.26. The minimum atomic E-state index is -0.0855. The molecule has 1 aliphatic carbocycles. The number of hydrogen-bond acceptors (Lipinski definition) is 1. The zero-order valence-corrected chi connectivity index (χ0v) is 8.26. The Bertz CT molecular complexity index is 365. The van der Waals surface area contributed by atoms with Crippen LogP contribution in [0.15, 0.2) is 18.2 Å². The molecule has 2 unspecified atom stereocenters. The van der Waals surface area contributed by atoms with E-state index >= 15 is 0 Å². The van der Waals surface area contributed by atoms with Gasteiger partial charge in [0.2, 0.25) is 0 Å². The predicted molar refractivity (Wildman–Crippen MR) is 53.7 cm³/mol. The van der Waals surface area contributed by atoms with Gasteiger partial charge < -0.3 is 5.32 Å². The van der Waals surface area contributed by atoms with Crippen molar-refractivity contribution in [3.63, 3.8) is 0 Å². The van der Waals surface area contributed by atoms with E-state index in [1.54, 1.807) is 6.07 Å². The molecule has 1 aromatic carbocycles. The summed E-state index contributed by atoms with van der Waals surface area (Å²) >= 11 is 0. The smallest absolute Gasteiger partial charge is 0.126 e. The Labute approximate surface area is 83.3 Å². The molecule has 0 aromatic heterocycles. The third kappa shape index (κ3) is 1.10. The Hall–Kier alpha value is -0.890. The molecule has 74 valence electrons. The summed E-state index contributed by atoms with van der Waals surface area (Å²) in [6.07, 6.45) is 0. The molecule has 0 amide bonds.